The molecule has 2 N–H and O–H groups in total. The van der Waals surface area contributed by atoms with E-state index < -0.39 is 0 Å². The molecule has 1 heterocycles. The lowest BCUT2D eigenvalue weighted by Crippen LogP contribution is -2.08. The molecule has 4 rings (SSSR count). The Balaban J connectivity index is 1.47. The number of hydrogen-bond acceptors (Lipinski definition) is 7. The molecule has 34 heavy (non-hydrogen) atoms. The molecule has 0 aliphatic rings. The summed E-state index contributed by atoms with van der Waals surface area (Å²) < 4.78 is 16.0. The van der Waals surface area contributed by atoms with Gasteiger partial charge in [0.25, 0.3) is 0 Å². The van der Waals surface area contributed by atoms with Crippen LogP contribution in [0.3, 0.4) is 0 Å². The van der Waals surface area contributed by atoms with Crippen LogP contribution in [-0.4, -0.2) is 37.2 Å². The van der Waals surface area contributed by atoms with Gasteiger partial charge in [0.05, 0.1) is 32.5 Å². The molecule has 1 amide bonds. The summed E-state index contributed by atoms with van der Waals surface area (Å²) in [6.07, 6.45) is 4.71. The van der Waals surface area contributed by atoms with Crippen molar-refractivity contribution in [1.82, 2.24) is 9.97 Å². The fourth-order valence-electron chi connectivity index (χ4n) is 3.39. The smallest absolute Gasteiger partial charge is 0.248 e. The Morgan fingerprint density at radius 2 is 1.56 bits per heavy atom. The van der Waals surface area contributed by atoms with Gasteiger partial charge in [0.1, 0.15) is 17.9 Å². The molecule has 0 aliphatic heterocycles. The highest BCUT2D eigenvalue weighted by Gasteiger charge is 2.11. The van der Waals surface area contributed by atoms with E-state index in [0.717, 1.165) is 22.2 Å². The van der Waals surface area contributed by atoms with Gasteiger partial charge in [-0.05, 0) is 42.0 Å². The second-order valence-corrected chi connectivity index (χ2v) is 7.22. The number of nitrogens with one attached hydrogen (secondary N) is 2. The first-order valence-corrected chi connectivity index (χ1v) is 10.5. The highest BCUT2D eigenvalue weighted by atomic mass is 16.5. The normalized spacial score (nSPS) is 10.8. The van der Waals surface area contributed by atoms with Crippen molar-refractivity contribution in [3.05, 3.63) is 78.6 Å². The van der Waals surface area contributed by atoms with Gasteiger partial charge in [-0.15, -0.1) is 0 Å². The number of para-hydroxylation sites is 2. The third-order valence-electron chi connectivity index (χ3n) is 5.11. The number of rotatable bonds is 8. The number of fused-ring (bicyclic) bond motifs is 1. The molecule has 0 saturated carbocycles. The molecule has 0 aliphatic carbocycles. The predicted octanol–water partition coefficient (Wildman–Crippen LogP) is 5.05. The number of aromatic nitrogens is 2. The zero-order valence-electron chi connectivity index (χ0n) is 19.0. The molecule has 0 bridgehead atoms. The quantitative estimate of drug-likeness (QED) is 0.358. The van der Waals surface area contributed by atoms with E-state index in [-0.39, 0.29) is 5.91 Å². The highest BCUT2D eigenvalue weighted by molar-refractivity contribution is 6.02. The van der Waals surface area contributed by atoms with E-state index in [1.165, 1.54) is 12.4 Å². The maximum atomic E-state index is 12.3. The van der Waals surface area contributed by atoms with Crippen LogP contribution in [0.15, 0.2) is 73.1 Å². The van der Waals surface area contributed by atoms with E-state index in [0.29, 0.717) is 28.8 Å². The van der Waals surface area contributed by atoms with Crippen LogP contribution in [-0.2, 0) is 4.79 Å². The lowest BCUT2D eigenvalue weighted by molar-refractivity contribution is -0.111. The first kappa shape index (κ1) is 22.6. The average Bonchev–Trinajstić information content (AvgIpc) is 2.88. The summed E-state index contributed by atoms with van der Waals surface area (Å²) in [4.78, 5) is 21.0. The maximum absolute atomic E-state index is 12.3. The van der Waals surface area contributed by atoms with Gasteiger partial charge in [0.2, 0.25) is 5.91 Å². The van der Waals surface area contributed by atoms with E-state index in [1.807, 2.05) is 48.5 Å². The third kappa shape index (κ3) is 5.07. The molecule has 0 unspecified atom stereocenters. The number of carbonyl (C=O) groups excluding carboxylic acids is 1. The molecule has 1 aromatic heterocycles. The van der Waals surface area contributed by atoms with Crippen LogP contribution < -0.4 is 24.8 Å². The van der Waals surface area contributed by atoms with Crippen molar-refractivity contribution in [2.24, 2.45) is 0 Å². The SMILES string of the molecule is COc1ccccc1NC(=O)/C=C/c1ccc(Nc2ncnc3cc(OC)c(OC)cc23)cc1. The second-order valence-electron chi connectivity index (χ2n) is 7.22. The number of anilines is 3. The maximum Gasteiger partial charge on any atom is 0.248 e. The molecule has 0 saturated heterocycles. The topological polar surface area (TPSA) is 94.6 Å². The van der Waals surface area contributed by atoms with Crippen molar-refractivity contribution in [3.8, 4) is 17.2 Å². The molecule has 3 aromatic carbocycles. The van der Waals surface area contributed by atoms with Crippen molar-refractivity contribution in [2.75, 3.05) is 32.0 Å². The standard InChI is InChI=1S/C26H24N4O4/c1-32-22-7-5-4-6-20(22)30-25(31)13-10-17-8-11-18(12-9-17)29-26-19-14-23(33-2)24(34-3)15-21(19)27-16-28-26/h4-16H,1-3H3,(H,30,31)(H,27,28,29)/b13-10+. The van der Waals surface area contributed by atoms with Gasteiger partial charge in [-0.25, -0.2) is 9.97 Å². The second kappa shape index (κ2) is 10.4. The minimum absolute atomic E-state index is 0.247. The lowest BCUT2D eigenvalue weighted by atomic mass is 10.1. The van der Waals surface area contributed by atoms with Crippen molar-refractivity contribution >= 4 is 40.1 Å². The zero-order valence-corrected chi connectivity index (χ0v) is 19.0. The van der Waals surface area contributed by atoms with Gasteiger partial charge in [-0.2, -0.15) is 0 Å². The van der Waals surface area contributed by atoms with E-state index in [1.54, 1.807) is 39.5 Å². The number of methoxy groups -OCH3 is 3. The molecule has 8 nitrogen and oxygen atoms in total. The summed E-state index contributed by atoms with van der Waals surface area (Å²) >= 11 is 0. The molecule has 0 radical (unpaired) electrons. The first-order chi connectivity index (χ1) is 16.6. The molecule has 0 atom stereocenters. The van der Waals surface area contributed by atoms with Crippen LogP contribution in [0, 0.1) is 0 Å². The van der Waals surface area contributed by atoms with E-state index in [4.69, 9.17) is 14.2 Å². The molecular weight excluding hydrogens is 432 g/mol. The van der Waals surface area contributed by atoms with Gasteiger partial charge in [0.15, 0.2) is 11.5 Å². The van der Waals surface area contributed by atoms with Gasteiger partial charge < -0.3 is 24.8 Å². The van der Waals surface area contributed by atoms with E-state index >= 15 is 0 Å². The molecule has 8 heteroatoms. The Kier molecular flexibility index (Phi) is 6.88. The molecular formula is C26H24N4O4. The average molecular weight is 457 g/mol. The first-order valence-electron chi connectivity index (χ1n) is 10.5. The summed E-state index contributed by atoms with van der Waals surface area (Å²) in [6, 6.07) is 18.5. The molecule has 0 spiro atoms. The summed E-state index contributed by atoms with van der Waals surface area (Å²) in [5.41, 5.74) is 3.06. The highest BCUT2D eigenvalue weighted by Crippen LogP contribution is 2.34. The van der Waals surface area contributed by atoms with Crippen molar-refractivity contribution < 1.29 is 19.0 Å². The summed E-state index contributed by atoms with van der Waals surface area (Å²) in [6.45, 7) is 0. The third-order valence-corrected chi connectivity index (χ3v) is 5.11. The number of carbonyl (C=O) groups is 1. The monoisotopic (exact) mass is 456 g/mol. The minimum atomic E-state index is -0.247. The molecule has 172 valence electrons. The van der Waals surface area contributed by atoms with Gasteiger partial charge in [-0.3, -0.25) is 4.79 Å². The van der Waals surface area contributed by atoms with Crippen LogP contribution >= 0.6 is 0 Å². The Morgan fingerprint density at radius 3 is 2.29 bits per heavy atom. The Bertz CT molecular complexity index is 1340. The zero-order chi connectivity index (χ0) is 23.9. The van der Waals surface area contributed by atoms with Crippen LogP contribution in [0.5, 0.6) is 17.2 Å². The van der Waals surface area contributed by atoms with Crippen molar-refractivity contribution in [2.45, 2.75) is 0 Å². The Labute approximate surface area is 197 Å². The van der Waals surface area contributed by atoms with E-state index in [2.05, 4.69) is 20.6 Å². The lowest BCUT2D eigenvalue weighted by Gasteiger charge is -2.12. The fourth-order valence-corrected chi connectivity index (χ4v) is 3.39. The number of amides is 1. The predicted molar refractivity (Wildman–Crippen MR) is 133 cm³/mol. The van der Waals surface area contributed by atoms with Gasteiger partial charge in [-0.1, -0.05) is 24.3 Å². The molecule has 4 aromatic rings. The van der Waals surface area contributed by atoms with Crippen molar-refractivity contribution in [1.29, 1.82) is 0 Å². The van der Waals surface area contributed by atoms with Crippen LogP contribution in [0.25, 0.3) is 17.0 Å². The summed E-state index contributed by atoms with van der Waals surface area (Å²) in [5.74, 6) is 2.20. The van der Waals surface area contributed by atoms with E-state index in [9.17, 15) is 4.79 Å². The number of benzene rings is 3. The van der Waals surface area contributed by atoms with Crippen molar-refractivity contribution in [3.63, 3.8) is 0 Å². The number of nitrogens with zero attached hydrogens (tertiary/aromatic N) is 2. The number of hydrogen-bond donors (Lipinski definition) is 2. The van der Waals surface area contributed by atoms with Crippen LogP contribution in [0.4, 0.5) is 17.2 Å². The van der Waals surface area contributed by atoms with Crippen LogP contribution in [0.1, 0.15) is 5.56 Å². The van der Waals surface area contributed by atoms with Gasteiger partial charge in [0, 0.05) is 23.2 Å². The van der Waals surface area contributed by atoms with Crippen LogP contribution in [0.2, 0.25) is 0 Å². The minimum Gasteiger partial charge on any atom is -0.495 e. The Morgan fingerprint density at radius 1 is 0.853 bits per heavy atom. The fraction of sp³-hybridized carbons (Fsp3) is 0.115. The summed E-state index contributed by atoms with van der Waals surface area (Å²) in [5, 5.41) is 6.93. The number of ether oxygens (including phenoxy) is 3. The van der Waals surface area contributed by atoms with Gasteiger partial charge >= 0.3 is 0 Å². The Hall–Kier alpha value is -4.59. The molecule has 0 fully saturated rings. The summed E-state index contributed by atoms with van der Waals surface area (Å²) in [7, 11) is 4.74. The largest absolute Gasteiger partial charge is 0.495 e.